The highest BCUT2D eigenvalue weighted by molar-refractivity contribution is 7.85. The molecule has 0 bridgehead atoms. The fourth-order valence-corrected chi connectivity index (χ4v) is 4.47. The Morgan fingerprint density at radius 3 is 2.20 bits per heavy atom. The van der Waals surface area contributed by atoms with Crippen LogP contribution in [0.4, 0.5) is 13.2 Å². The largest absolute Gasteiger partial charge is 0.490 e. The summed E-state index contributed by atoms with van der Waals surface area (Å²) in [6.07, 6.45) is -4.95. The number of thiophene rings is 1. The molecule has 1 unspecified atom stereocenters. The number of ether oxygens (including phenoxy) is 1. The van der Waals surface area contributed by atoms with Crippen molar-refractivity contribution in [3.8, 4) is 5.75 Å². The highest BCUT2D eigenvalue weighted by Crippen LogP contribution is 2.28. The molecule has 7 N–H and O–H groups in total. The average Bonchev–Trinajstić information content (AvgIpc) is 3.27. The number of nitrogen functional groups attached to an aromatic ring is 1. The lowest BCUT2D eigenvalue weighted by atomic mass is 10.1. The van der Waals surface area contributed by atoms with Crippen molar-refractivity contribution in [3.05, 3.63) is 50.7 Å². The maximum Gasteiger partial charge on any atom is 0.490 e. The minimum absolute atomic E-state index is 0.0768. The molecule has 0 fully saturated rings. The summed E-state index contributed by atoms with van der Waals surface area (Å²) in [6.45, 7) is 1.50. The van der Waals surface area contributed by atoms with Crippen molar-refractivity contribution in [2.75, 3.05) is 5.75 Å². The van der Waals surface area contributed by atoms with E-state index in [2.05, 4.69) is 5.32 Å². The van der Waals surface area contributed by atoms with E-state index in [-0.39, 0.29) is 27.9 Å². The number of hydrogen-bond acceptors (Lipinski definition) is 9. The van der Waals surface area contributed by atoms with Crippen molar-refractivity contribution in [1.82, 2.24) is 5.32 Å². The Morgan fingerprint density at radius 1 is 1.18 bits per heavy atom. The van der Waals surface area contributed by atoms with Gasteiger partial charge in [0.15, 0.2) is 0 Å². The molecule has 2 rings (SSSR count). The zero-order valence-electron chi connectivity index (χ0n) is 20.1. The molecule has 0 spiro atoms. The van der Waals surface area contributed by atoms with Gasteiger partial charge >= 0.3 is 24.1 Å². The van der Waals surface area contributed by atoms with Crippen molar-refractivity contribution < 1.29 is 60.3 Å². The second-order valence-electron chi connectivity index (χ2n) is 7.77. The molecule has 0 saturated heterocycles. The van der Waals surface area contributed by atoms with Gasteiger partial charge in [-0.05, 0) is 36.8 Å². The van der Waals surface area contributed by atoms with Crippen molar-refractivity contribution >= 4 is 62.7 Å². The maximum absolute atomic E-state index is 12.4. The first-order chi connectivity index (χ1) is 18.2. The number of alkyl halides is 3. The average molecular weight is 632 g/mol. The number of aliphatic carboxylic acids is 2. The summed E-state index contributed by atoms with van der Waals surface area (Å²) >= 11 is 7.10. The number of benzene rings is 1. The molecule has 2 atom stereocenters. The van der Waals surface area contributed by atoms with Crippen molar-refractivity contribution in [3.63, 3.8) is 0 Å². The number of esters is 1. The van der Waals surface area contributed by atoms with Crippen LogP contribution in [0.25, 0.3) is 0 Å². The summed E-state index contributed by atoms with van der Waals surface area (Å²) < 4.78 is 67.7. The number of carboxylic acids is 2. The lowest BCUT2D eigenvalue weighted by molar-refractivity contribution is -0.192. The molecule has 1 heterocycles. The number of hydrogen-bond donors (Lipinski definition) is 6. The summed E-state index contributed by atoms with van der Waals surface area (Å²) in [5.74, 6) is -7.83. The Hall–Kier alpha value is -3.74. The third-order valence-electron chi connectivity index (χ3n) is 4.50. The van der Waals surface area contributed by atoms with E-state index in [1.807, 2.05) is 0 Å². The predicted octanol–water partition coefficient (Wildman–Crippen LogP) is 2.17. The van der Waals surface area contributed by atoms with Gasteiger partial charge in [0.1, 0.15) is 28.3 Å². The first-order valence-electron chi connectivity index (χ1n) is 10.4. The van der Waals surface area contributed by atoms with Gasteiger partial charge in [0, 0.05) is 16.4 Å². The number of carbonyl (C=O) groups is 4. The zero-order valence-corrected chi connectivity index (χ0v) is 22.4. The predicted molar refractivity (Wildman–Crippen MR) is 134 cm³/mol. The minimum atomic E-state index is -5.08. The van der Waals surface area contributed by atoms with E-state index in [0.29, 0.717) is 10.4 Å². The summed E-state index contributed by atoms with van der Waals surface area (Å²) in [7, 11) is -4.61. The molecule has 0 saturated carbocycles. The lowest BCUT2D eigenvalue weighted by Crippen LogP contribution is -2.47. The Morgan fingerprint density at radius 2 is 1.75 bits per heavy atom. The molecule has 19 heteroatoms. The van der Waals surface area contributed by atoms with Crippen LogP contribution in [0.3, 0.4) is 0 Å². The normalized spacial score (nSPS) is 12.8. The first-order valence-corrected chi connectivity index (χ1v) is 13.2. The van der Waals surface area contributed by atoms with Gasteiger partial charge in [-0.2, -0.15) is 21.6 Å². The molecule has 13 nitrogen and oxygen atoms in total. The standard InChI is InChI=1S/C19H20ClN3O8S2.C2HF3O2/c1-9(17(24)23-13(18(25)26)8-33(28,29)30)6-11-3-5-15(32-11)19(27)31-14-4-2-10(16(21)22)7-12(14)20;3-2(4,5)1(6)7/h2-5,7,9,13H,6,8H2,1H3,(H3,21,22)(H,23,24)(H,25,26)(H,28,29,30);(H,6,7)/t9?,13-;/m0./s1. The van der Waals surface area contributed by atoms with Gasteiger partial charge < -0.3 is 26.0 Å². The third-order valence-corrected chi connectivity index (χ3v) is 6.64. The molecule has 0 aliphatic heterocycles. The topological polar surface area (TPSA) is 234 Å². The number of rotatable bonds is 10. The lowest BCUT2D eigenvalue weighted by Gasteiger charge is -2.16. The minimum Gasteiger partial charge on any atom is -0.480 e. The summed E-state index contributed by atoms with van der Waals surface area (Å²) in [6, 6.07) is 5.55. The number of amidine groups is 1. The molecule has 0 aliphatic carbocycles. The second kappa shape index (κ2) is 14.1. The van der Waals surface area contributed by atoms with Crippen molar-refractivity contribution in [2.24, 2.45) is 11.7 Å². The van der Waals surface area contributed by atoms with Crippen LogP contribution in [0.5, 0.6) is 5.75 Å². The number of carboxylic acid groups (broad SMARTS) is 2. The molecular formula is C21H21ClF3N3O10S2. The molecule has 1 aromatic carbocycles. The number of amides is 1. The Labute approximate surface area is 233 Å². The number of carbonyl (C=O) groups excluding carboxylic acids is 2. The molecule has 0 radical (unpaired) electrons. The summed E-state index contributed by atoms with van der Waals surface area (Å²) in [5, 5.41) is 25.7. The van der Waals surface area contributed by atoms with Gasteiger partial charge in [-0.25, -0.2) is 14.4 Å². The molecule has 40 heavy (non-hydrogen) atoms. The highest BCUT2D eigenvalue weighted by atomic mass is 35.5. The molecule has 1 amide bonds. The highest BCUT2D eigenvalue weighted by Gasteiger charge is 2.38. The van der Waals surface area contributed by atoms with E-state index in [1.54, 1.807) is 6.07 Å². The van der Waals surface area contributed by atoms with E-state index in [4.69, 9.17) is 47.0 Å². The molecule has 220 valence electrons. The zero-order chi connectivity index (χ0) is 31.0. The fraction of sp³-hybridized carbons (Fsp3) is 0.286. The van der Waals surface area contributed by atoms with Gasteiger partial charge in [0.05, 0.1) is 5.02 Å². The first kappa shape index (κ1) is 34.3. The van der Waals surface area contributed by atoms with Gasteiger partial charge in [-0.1, -0.05) is 18.5 Å². The molecular weight excluding hydrogens is 611 g/mol. The monoisotopic (exact) mass is 631 g/mol. The van der Waals surface area contributed by atoms with Crippen LogP contribution in [0, 0.1) is 11.3 Å². The van der Waals surface area contributed by atoms with E-state index in [0.717, 1.165) is 11.3 Å². The third kappa shape index (κ3) is 11.6. The Balaban J connectivity index is 0.00000101. The second-order valence-corrected chi connectivity index (χ2v) is 10.8. The quantitative estimate of drug-likeness (QED) is 0.0730. The van der Waals surface area contributed by atoms with Crippen LogP contribution >= 0.6 is 22.9 Å². The SMILES string of the molecule is CC(Cc1ccc(C(=O)Oc2ccc(C(=N)N)cc2Cl)s1)C(=O)N[C@@H](CS(=O)(=O)O)C(=O)O.O=C(O)C(F)(F)F. The van der Waals surface area contributed by atoms with Crippen LogP contribution in [0.1, 0.15) is 27.0 Å². The Bertz CT molecular complexity index is 1400. The summed E-state index contributed by atoms with van der Waals surface area (Å²) in [4.78, 5) is 45.5. The van der Waals surface area contributed by atoms with Crippen LogP contribution in [-0.4, -0.2) is 70.8 Å². The number of nitrogens with one attached hydrogen (secondary N) is 2. The van der Waals surface area contributed by atoms with E-state index >= 15 is 0 Å². The van der Waals surface area contributed by atoms with Crippen LogP contribution in [0.2, 0.25) is 5.02 Å². The van der Waals surface area contributed by atoms with Crippen LogP contribution < -0.4 is 15.8 Å². The van der Waals surface area contributed by atoms with Crippen molar-refractivity contribution in [2.45, 2.75) is 25.6 Å². The van der Waals surface area contributed by atoms with Gasteiger partial charge in [-0.3, -0.25) is 14.8 Å². The number of nitrogens with two attached hydrogens (primary N) is 1. The van der Waals surface area contributed by atoms with Gasteiger partial charge in [0.2, 0.25) is 5.91 Å². The molecule has 1 aromatic heterocycles. The van der Waals surface area contributed by atoms with E-state index in [1.165, 1.54) is 31.2 Å². The van der Waals surface area contributed by atoms with E-state index < -0.39 is 57.8 Å². The van der Waals surface area contributed by atoms with E-state index in [9.17, 15) is 36.0 Å². The van der Waals surface area contributed by atoms with Crippen LogP contribution in [0.15, 0.2) is 30.3 Å². The van der Waals surface area contributed by atoms with Crippen molar-refractivity contribution in [1.29, 1.82) is 5.41 Å². The Kier molecular flexibility index (Phi) is 12.0. The molecule has 0 aliphatic rings. The van der Waals surface area contributed by atoms with Gasteiger partial charge in [0.25, 0.3) is 10.1 Å². The van der Waals surface area contributed by atoms with Crippen LogP contribution in [-0.2, 0) is 30.9 Å². The molecule has 2 aromatic rings. The number of halogens is 4. The smallest absolute Gasteiger partial charge is 0.480 e. The van der Waals surface area contributed by atoms with Gasteiger partial charge in [-0.15, -0.1) is 11.3 Å². The summed E-state index contributed by atoms with van der Waals surface area (Å²) in [5.41, 5.74) is 5.75. The fourth-order valence-electron chi connectivity index (χ4n) is 2.59. The maximum atomic E-state index is 12.4.